The Balaban J connectivity index is 2.43. The van der Waals surface area contributed by atoms with E-state index in [0.29, 0.717) is 6.04 Å². The van der Waals surface area contributed by atoms with E-state index in [4.69, 9.17) is 5.11 Å². The van der Waals surface area contributed by atoms with Gasteiger partial charge in [0.1, 0.15) is 0 Å². The molecule has 1 aromatic heterocycles. The molecule has 0 amide bonds. The van der Waals surface area contributed by atoms with Gasteiger partial charge in [-0.05, 0) is 38.3 Å². The quantitative estimate of drug-likeness (QED) is 0.753. The van der Waals surface area contributed by atoms with E-state index >= 15 is 0 Å². The van der Waals surface area contributed by atoms with Gasteiger partial charge in [0.2, 0.25) is 0 Å². The molecule has 0 fully saturated rings. The van der Waals surface area contributed by atoms with E-state index in [2.05, 4.69) is 23.3 Å². The van der Waals surface area contributed by atoms with Crippen LogP contribution in [0, 0.1) is 6.92 Å². The van der Waals surface area contributed by atoms with Crippen LogP contribution in [0.15, 0.2) is 18.5 Å². The number of pyridine rings is 1. The summed E-state index contributed by atoms with van der Waals surface area (Å²) in [5.41, 5.74) is 2.21. The predicted octanol–water partition coefficient (Wildman–Crippen LogP) is 1.96. The molecule has 0 saturated carbocycles. The number of aliphatic hydroxyl groups is 1. The maximum atomic E-state index is 8.69. The second-order valence-corrected chi connectivity index (χ2v) is 3.66. The van der Waals surface area contributed by atoms with Gasteiger partial charge in [-0.1, -0.05) is 0 Å². The first-order chi connectivity index (χ1) is 6.72. The van der Waals surface area contributed by atoms with Crippen LogP contribution >= 0.6 is 0 Å². The van der Waals surface area contributed by atoms with Crippen LogP contribution in [0.3, 0.4) is 0 Å². The first-order valence-electron chi connectivity index (χ1n) is 5.01. The van der Waals surface area contributed by atoms with Crippen LogP contribution in [0.25, 0.3) is 0 Å². The first kappa shape index (κ1) is 11.0. The average molecular weight is 194 g/mol. The van der Waals surface area contributed by atoms with Crippen LogP contribution in [-0.2, 0) is 0 Å². The molecule has 2 N–H and O–H groups in total. The van der Waals surface area contributed by atoms with Gasteiger partial charge in [0.25, 0.3) is 0 Å². The zero-order valence-electron chi connectivity index (χ0n) is 8.83. The largest absolute Gasteiger partial charge is 0.396 e. The minimum absolute atomic E-state index is 0.262. The Hall–Kier alpha value is -1.09. The van der Waals surface area contributed by atoms with Gasteiger partial charge in [-0.15, -0.1) is 0 Å². The van der Waals surface area contributed by atoms with Crippen molar-refractivity contribution in [3.05, 3.63) is 24.0 Å². The molecule has 1 heterocycles. The lowest BCUT2D eigenvalue weighted by Gasteiger charge is -2.14. The zero-order valence-corrected chi connectivity index (χ0v) is 8.83. The Kier molecular flexibility index (Phi) is 4.40. The standard InChI is InChI=1S/C11H18N2O/c1-9-6-11(8-12-7-9)13-10(2)4-3-5-14/h6-8,10,13-14H,3-5H2,1-2H3. The number of nitrogens with zero attached hydrogens (tertiary/aromatic N) is 1. The molecule has 3 nitrogen and oxygen atoms in total. The molecule has 1 aromatic rings. The number of nitrogens with one attached hydrogen (secondary N) is 1. The molecule has 78 valence electrons. The maximum Gasteiger partial charge on any atom is 0.0531 e. The van der Waals surface area contributed by atoms with E-state index in [0.717, 1.165) is 24.1 Å². The highest BCUT2D eigenvalue weighted by molar-refractivity contribution is 5.43. The molecule has 0 radical (unpaired) electrons. The fraction of sp³-hybridized carbons (Fsp3) is 0.545. The molecule has 1 atom stereocenters. The van der Waals surface area contributed by atoms with Crippen molar-refractivity contribution in [1.82, 2.24) is 4.98 Å². The third-order valence-corrected chi connectivity index (χ3v) is 2.08. The Labute approximate surface area is 85.2 Å². The molecule has 1 unspecified atom stereocenters. The van der Waals surface area contributed by atoms with E-state index in [9.17, 15) is 0 Å². The van der Waals surface area contributed by atoms with Crippen LogP contribution in [0.2, 0.25) is 0 Å². The van der Waals surface area contributed by atoms with Gasteiger partial charge in [0, 0.05) is 25.0 Å². The summed E-state index contributed by atoms with van der Waals surface area (Å²) in [6, 6.07) is 2.45. The monoisotopic (exact) mass is 194 g/mol. The highest BCUT2D eigenvalue weighted by Crippen LogP contribution is 2.10. The number of aryl methyl sites for hydroxylation is 1. The smallest absolute Gasteiger partial charge is 0.0531 e. The second kappa shape index (κ2) is 5.60. The summed E-state index contributed by atoms with van der Waals surface area (Å²) in [5.74, 6) is 0. The van der Waals surface area contributed by atoms with Crippen molar-refractivity contribution < 1.29 is 5.11 Å². The lowest BCUT2D eigenvalue weighted by atomic mass is 10.2. The van der Waals surface area contributed by atoms with Crippen molar-refractivity contribution in [2.24, 2.45) is 0 Å². The highest BCUT2D eigenvalue weighted by atomic mass is 16.2. The van der Waals surface area contributed by atoms with Crippen LogP contribution in [0.5, 0.6) is 0 Å². The third-order valence-electron chi connectivity index (χ3n) is 2.08. The van der Waals surface area contributed by atoms with Gasteiger partial charge in [-0.25, -0.2) is 0 Å². The third kappa shape index (κ3) is 3.75. The lowest BCUT2D eigenvalue weighted by Crippen LogP contribution is -2.15. The van der Waals surface area contributed by atoms with Crippen molar-refractivity contribution in [1.29, 1.82) is 0 Å². The van der Waals surface area contributed by atoms with E-state index < -0.39 is 0 Å². The topological polar surface area (TPSA) is 45.2 Å². The number of rotatable bonds is 5. The number of aromatic nitrogens is 1. The molecule has 0 aliphatic heterocycles. The van der Waals surface area contributed by atoms with Crippen LogP contribution in [0.1, 0.15) is 25.3 Å². The van der Waals surface area contributed by atoms with Crippen LogP contribution < -0.4 is 5.32 Å². The molecular weight excluding hydrogens is 176 g/mol. The predicted molar refractivity (Wildman–Crippen MR) is 58.4 cm³/mol. The number of anilines is 1. The van der Waals surface area contributed by atoms with Gasteiger partial charge in [0.05, 0.1) is 5.69 Å². The molecular formula is C11H18N2O. The highest BCUT2D eigenvalue weighted by Gasteiger charge is 2.01. The molecule has 14 heavy (non-hydrogen) atoms. The van der Waals surface area contributed by atoms with Gasteiger partial charge in [-0.3, -0.25) is 4.98 Å². The molecule has 0 aromatic carbocycles. The Morgan fingerprint density at radius 1 is 1.50 bits per heavy atom. The minimum atomic E-state index is 0.262. The van der Waals surface area contributed by atoms with Gasteiger partial charge in [0.15, 0.2) is 0 Å². The van der Waals surface area contributed by atoms with Crippen molar-refractivity contribution >= 4 is 5.69 Å². The summed E-state index contributed by atoms with van der Waals surface area (Å²) in [6.07, 6.45) is 5.48. The van der Waals surface area contributed by atoms with Gasteiger partial charge < -0.3 is 10.4 Å². The fourth-order valence-corrected chi connectivity index (χ4v) is 1.39. The summed E-state index contributed by atoms with van der Waals surface area (Å²) < 4.78 is 0. The molecule has 0 bridgehead atoms. The second-order valence-electron chi connectivity index (χ2n) is 3.66. The van der Waals surface area contributed by atoms with Gasteiger partial charge >= 0.3 is 0 Å². The van der Waals surface area contributed by atoms with E-state index in [1.807, 2.05) is 19.3 Å². The molecule has 0 spiro atoms. The summed E-state index contributed by atoms with van der Waals surface area (Å²) in [7, 11) is 0. The van der Waals surface area contributed by atoms with E-state index in [1.165, 1.54) is 0 Å². The van der Waals surface area contributed by atoms with Crippen molar-refractivity contribution in [3.63, 3.8) is 0 Å². The number of hydrogen-bond donors (Lipinski definition) is 2. The Morgan fingerprint density at radius 3 is 2.93 bits per heavy atom. The maximum absolute atomic E-state index is 8.69. The summed E-state index contributed by atoms with van der Waals surface area (Å²) >= 11 is 0. The SMILES string of the molecule is Cc1cncc(NC(C)CCCO)c1. The average Bonchev–Trinajstić information content (AvgIpc) is 2.15. The molecule has 1 rings (SSSR count). The van der Waals surface area contributed by atoms with Crippen LogP contribution in [0.4, 0.5) is 5.69 Å². The summed E-state index contributed by atoms with van der Waals surface area (Å²) in [5, 5.41) is 12.0. The Morgan fingerprint density at radius 2 is 2.29 bits per heavy atom. The normalized spacial score (nSPS) is 12.5. The van der Waals surface area contributed by atoms with E-state index in [1.54, 1.807) is 0 Å². The Bertz CT molecular complexity index is 276. The molecule has 0 aliphatic rings. The molecule has 0 saturated heterocycles. The minimum Gasteiger partial charge on any atom is -0.396 e. The first-order valence-corrected chi connectivity index (χ1v) is 5.01. The number of hydrogen-bond acceptors (Lipinski definition) is 3. The van der Waals surface area contributed by atoms with E-state index in [-0.39, 0.29) is 6.61 Å². The number of aliphatic hydroxyl groups excluding tert-OH is 1. The van der Waals surface area contributed by atoms with Crippen molar-refractivity contribution in [3.8, 4) is 0 Å². The van der Waals surface area contributed by atoms with Gasteiger partial charge in [-0.2, -0.15) is 0 Å². The van der Waals surface area contributed by atoms with Crippen molar-refractivity contribution in [2.45, 2.75) is 32.7 Å². The molecule has 0 aliphatic carbocycles. The van der Waals surface area contributed by atoms with Crippen molar-refractivity contribution in [2.75, 3.05) is 11.9 Å². The zero-order chi connectivity index (χ0) is 10.4. The fourth-order valence-electron chi connectivity index (χ4n) is 1.39. The molecule has 3 heteroatoms. The summed E-state index contributed by atoms with van der Waals surface area (Å²) in [6.45, 7) is 4.40. The lowest BCUT2D eigenvalue weighted by molar-refractivity contribution is 0.282. The summed E-state index contributed by atoms with van der Waals surface area (Å²) in [4.78, 5) is 4.11. The van der Waals surface area contributed by atoms with Crippen LogP contribution in [-0.4, -0.2) is 22.7 Å².